The highest BCUT2D eigenvalue weighted by Crippen LogP contribution is 2.16. The molecule has 4 nitrogen and oxygen atoms in total. The Balaban J connectivity index is 2.44. The van der Waals surface area contributed by atoms with Crippen LogP contribution in [0.1, 0.15) is 12.5 Å². The smallest absolute Gasteiger partial charge is 0.273 e. The molecule has 0 aliphatic carbocycles. The molecule has 5 heteroatoms. The molecule has 0 heterocycles. The van der Waals surface area contributed by atoms with Gasteiger partial charge in [-0.25, -0.2) is 0 Å². The second-order valence-corrected chi connectivity index (χ2v) is 4.65. The highest BCUT2D eigenvalue weighted by Gasteiger charge is 2.10. The van der Waals surface area contributed by atoms with Gasteiger partial charge < -0.3 is 5.32 Å². The van der Waals surface area contributed by atoms with E-state index in [0.717, 1.165) is 23.6 Å². The minimum absolute atomic E-state index is 0.193. The average Bonchev–Trinajstić information content (AvgIpc) is 2.29. The van der Waals surface area contributed by atoms with Crippen molar-refractivity contribution in [1.82, 2.24) is 5.32 Å². The Labute approximate surface area is 99.6 Å². The molecular formula is C11H16N2O2S. The van der Waals surface area contributed by atoms with Crippen LogP contribution in [0.2, 0.25) is 0 Å². The standard InChI is InChI=1S/C11H16N2O2S/c1-2-16-8-7-12-9-10-5-3-4-6-11(10)13(14)15/h3-6,12H,2,7-9H2,1H3. The maximum absolute atomic E-state index is 10.7. The van der Waals surface area contributed by atoms with Gasteiger partial charge >= 0.3 is 0 Å². The lowest BCUT2D eigenvalue weighted by Crippen LogP contribution is -2.17. The lowest BCUT2D eigenvalue weighted by Gasteiger charge is -2.04. The molecule has 0 bridgehead atoms. The molecule has 0 fully saturated rings. The number of hydrogen-bond donors (Lipinski definition) is 1. The number of nitro groups is 1. The summed E-state index contributed by atoms with van der Waals surface area (Å²) in [5.41, 5.74) is 0.937. The molecule has 0 radical (unpaired) electrons. The fourth-order valence-electron chi connectivity index (χ4n) is 1.35. The summed E-state index contributed by atoms with van der Waals surface area (Å²) in [5, 5.41) is 13.9. The third-order valence-electron chi connectivity index (χ3n) is 2.13. The molecule has 0 atom stereocenters. The third-order valence-corrected chi connectivity index (χ3v) is 3.03. The van der Waals surface area contributed by atoms with Crippen molar-refractivity contribution >= 4 is 17.4 Å². The van der Waals surface area contributed by atoms with Crippen molar-refractivity contribution in [2.45, 2.75) is 13.5 Å². The largest absolute Gasteiger partial charge is 0.312 e. The van der Waals surface area contributed by atoms with E-state index in [-0.39, 0.29) is 10.6 Å². The molecule has 0 unspecified atom stereocenters. The van der Waals surface area contributed by atoms with Crippen molar-refractivity contribution < 1.29 is 4.92 Å². The summed E-state index contributed by atoms with van der Waals surface area (Å²) in [6, 6.07) is 6.84. The second-order valence-electron chi connectivity index (χ2n) is 3.26. The van der Waals surface area contributed by atoms with Crippen molar-refractivity contribution in [1.29, 1.82) is 0 Å². The quantitative estimate of drug-likeness (QED) is 0.452. The van der Waals surface area contributed by atoms with E-state index < -0.39 is 0 Å². The lowest BCUT2D eigenvalue weighted by molar-refractivity contribution is -0.385. The minimum atomic E-state index is -0.336. The SMILES string of the molecule is CCSCCNCc1ccccc1[N+](=O)[O-]. The van der Waals surface area contributed by atoms with E-state index >= 15 is 0 Å². The van der Waals surface area contributed by atoms with Crippen LogP contribution in [0.3, 0.4) is 0 Å². The third kappa shape index (κ3) is 4.20. The van der Waals surface area contributed by atoms with Gasteiger partial charge in [0.1, 0.15) is 0 Å². The lowest BCUT2D eigenvalue weighted by atomic mass is 10.2. The van der Waals surface area contributed by atoms with Crippen molar-refractivity contribution in [3.63, 3.8) is 0 Å². The monoisotopic (exact) mass is 240 g/mol. The van der Waals surface area contributed by atoms with Gasteiger partial charge in [-0.1, -0.05) is 25.1 Å². The van der Waals surface area contributed by atoms with Crippen molar-refractivity contribution in [3.8, 4) is 0 Å². The second kappa shape index (κ2) is 7.24. The van der Waals surface area contributed by atoms with Crippen LogP contribution in [0.5, 0.6) is 0 Å². The molecule has 16 heavy (non-hydrogen) atoms. The Hall–Kier alpha value is -1.07. The van der Waals surface area contributed by atoms with E-state index in [4.69, 9.17) is 0 Å². The molecular weight excluding hydrogens is 224 g/mol. The number of para-hydroxylation sites is 1. The van der Waals surface area contributed by atoms with Crippen LogP contribution in [0.15, 0.2) is 24.3 Å². The number of rotatable bonds is 7. The Morgan fingerprint density at radius 2 is 2.19 bits per heavy atom. The van der Waals surface area contributed by atoms with Gasteiger partial charge in [0.2, 0.25) is 0 Å². The minimum Gasteiger partial charge on any atom is -0.312 e. The first-order chi connectivity index (χ1) is 7.75. The topological polar surface area (TPSA) is 55.2 Å². The van der Waals surface area contributed by atoms with Gasteiger partial charge in [0.15, 0.2) is 0 Å². The molecule has 0 saturated carbocycles. The molecule has 0 aromatic heterocycles. The van der Waals surface area contributed by atoms with Crippen LogP contribution < -0.4 is 5.32 Å². The van der Waals surface area contributed by atoms with Gasteiger partial charge in [0.05, 0.1) is 4.92 Å². The first kappa shape index (κ1) is 13.0. The van der Waals surface area contributed by atoms with Crippen LogP contribution in [-0.4, -0.2) is 23.0 Å². The van der Waals surface area contributed by atoms with Gasteiger partial charge in [-0.3, -0.25) is 10.1 Å². The summed E-state index contributed by atoms with van der Waals surface area (Å²) in [6.07, 6.45) is 0. The first-order valence-corrected chi connectivity index (χ1v) is 6.42. The molecule has 1 rings (SSSR count). The van der Waals surface area contributed by atoms with Crippen molar-refractivity contribution in [2.24, 2.45) is 0 Å². The van der Waals surface area contributed by atoms with Crippen LogP contribution in [-0.2, 0) is 6.54 Å². The molecule has 1 aromatic carbocycles. The van der Waals surface area contributed by atoms with Gasteiger partial charge in [0.25, 0.3) is 5.69 Å². The van der Waals surface area contributed by atoms with Crippen LogP contribution >= 0.6 is 11.8 Å². The molecule has 88 valence electrons. The summed E-state index contributed by atoms with van der Waals surface area (Å²) >= 11 is 1.86. The molecule has 1 N–H and O–H groups in total. The number of hydrogen-bond acceptors (Lipinski definition) is 4. The van der Waals surface area contributed by atoms with Crippen LogP contribution in [0.4, 0.5) is 5.69 Å². The molecule has 0 amide bonds. The maximum atomic E-state index is 10.7. The van der Waals surface area contributed by atoms with E-state index in [9.17, 15) is 10.1 Å². The van der Waals surface area contributed by atoms with Crippen LogP contribution in [0.25, 0.3) is 0 Å². The number of thioether (sulfide) groups is 1. The summed E-state index contributed by atoms with van der Waals surface area (Å²) in [6.45, 7) is 3.55. The molecule has 1 aromatic rings. The summed E-state index contributed by atoms with van der Waals surface area (Å²) in [5.74, 6) is 2.14. The number of nitro benzene ring substituents is 1. The van der Waals surface area contributed by atoms with E-state index in [1.54, 1.807) is 12.1 Å². The predicted molar refractivity (Wildman–Crippen MR) is 67.8 cm³/mol. The Morgan fingerprint density at radius 1 is 1.44 bits per heavy atom. The maximum Gasteiger partial charge on any atom is 0.273 e. The average molecular weight is 240 g/mol. The summed E-state index contributed by atoms with van der Waals surface area (Å²) < 4.78 is 0. The number of nitrogens with zero attached hydrogens (tertiary/aromatic N) is 1. The zero-order valence-corrected chi connectivity index (χ0v) is 10.1. The highest BCUT2D eigenvalue weighted by molar-refractivity contribution is 7.99. The molecule has 0 spiro atoms. The summed E-state index contributed by atoms with van der Waals surface area (Å²) in [7, 11) is 0. The van der Waals surface area contributed by atoms with Crippen molar-refractivity contribution in [3.05, 3.63) is 39.9 Å². The fourth-order valence-corrected chi connectivity index (χ4v) is 1.93. The Bertz CT molecular complexity index is 345. The molecule has 0 aliphatic rings. The predicted octanol–water partition coefficient (Wildman–Crippen LogP) is 2.44. The molecule has 0 saturated heterocycles. The highest BCUT2D eigenvalue weighted by atomic mass is 32.2. The fraction of sp³-hybridized carbons (Fsp3) is 0.455. The Morgan fingerprint density at radius 3 is 2.88 bits per heavy atom. The van der Waals surface area contributed by atoms with E-state index in [2.05, 4.69) is 12.2 Å². The van der Waals surface area contributed by atoms with Gasteiger partial charge in [0, 0.05) is 30.5 Å². The van der Waals surface area contributed by atoms with E-state index in [1.165, 1.54) is 6.07 Å². The molecule has 0 aliphatic heterocycles. The number of nitrogens with one attached hydrogen (secondary N) is 1. The van der Waals surface area contributed by atoms with Crippen molar-refractivity contribution in [2.75, 3.05) is 18.1 Å². The van der Waals surface area contributed by atoms with Crippen LogP contribution in [0, 0.1) is 10.1 Å². The van der Waals surface area contributed by atoms with Gasteiger partial charge in [-0.05, 0) is 5.75 Å². The zero-order chi connectivity index (χ0) is 11.8. The normalized spacial score (nSPS) is 10.3. The first-order valence-electron chi connectivity index (χ1n) is 5.26. The summed E-state index contributed by atoms with van der Waals surface area (Å²) in [4.78, 5) is 10.4. The van der Waals surface area contributed by atoms with E-state index in [1.807, 2.05) is 17.8 Å². The number of benzene rings is 1. The Kier molecular flexibility index (Phi) is 5.88. The van der Waals surface area contributed by atoms with E-state index in [0.29, 0.717) is 6.54 Å². The van der Waals surface area contributed by atoms with Gasteiger partial charge in [-0.2, -0.15) is 11.8 Å². The van der Waals surface area contributed by atoms with Gasteiger partial charge in [-0.15, -0.1) is 0 Å². The zero-order valence-electron chi connectivity index (χ0n) is 9.31.